The van der Waals surface area contributed by atoms with Gasteiger partial charge >= 0.3 is 0 Å². The Hall–Kier alpha value is -3.08. The molecule has 0 aromatic carbocycles. The van der Waals surface area contributed by atoms with Gasteiger partial charge < -0.3 is 19.3 Å². The van der Waals surface area contributed by atoms with Crippen LogP contribution < -0.4 is 0 Å². The Morgan fingerprint density at radius 2 is 1.32 bits per heavy atom. The van der Waals surface area contributed by atoms with Crippen molar-refractivity contribution in [3.8, 4) is 0 Å². The molecule has 17 unspecified atom stereocenters. The molecule has 3 saturated carbocycles. The van der Waals surface area contributed by atoms with E-state index < -0.39 is 0 Å². The molecule has 0 radical (unpaired) electrons. The van der Waals surface area contributed by atoms with Gasteiger partial charge in [-0.1, -0.05) is 130 Å². The molecule has 4 heteroatoms. The van der Waals surface area contributed by atoms with Crippen LogP contribution in [-0.4, -0.2) is 58.4 Å². The quantitative estimate of drug-likeness (QED) is 0.204. The van der Waals surface area contributed by atoms with E-state index in [1.54, 1.807) is 22.5 Å². The van der Waals surface area contributed by atoms with Crippen molar-refractivity contribution in [2.45, 2.75) is 229 Å². The number of allylic oxidation sites excluding steroid dienone is 12. The Morgan fingerprint density at radius 1 is 0.479 bits per heavy atom. The first-order valence-corrected chi connectivity index (χ1v) is 30.8. The van der Waals surface area contributed by atoms with Gasteiger partial charge in [0.15, 0.2) is 0 Å². The van der Waals surface area contributed by atoms with Crippen LogP contribution in [0, 0.1) is 65.1 Å². The molecule has 2 aliphatic heterocycles. The van der Waals surface area contributed by atoms with Gasteiger partial charge in [0.25, 0.3) is 0 Å². The Morgan fingerprint density at radius 3 is 2.14 bits per heavy atom. The third-order valence-electron chi connectivity index (χ3n) is 22.4. The molecule has 5 fully saturated rings. The molecule has 0 amide bonds. The Labute approximate surface area is 431 Å². The van der Waals surface area contributed by atoms with Gasteiger partial charge in [0.1, 0.15) is 0 Å². The van der Waals surface area contributed by atoms with E-state index in [-0.39, 0.29) is 0 Å². The summed E-state index contributed by atoms with van der Waals surface area (Å²) in [6.45, 7) is 2.68. The van der Waals surface area contributed by atoms with Gasteiger partial charge in [-0.25, -0.2) is 0 Å². The second-order valence-corrected chi connectivity index (χ2v) is 26.0. The summed E-state index contributed by atoms with van der Waals surface area (Å²) in [5.74, 6) is 8.32. The maximum atomic E-state index is 6.91. The van der Waals surface area contributed by atoms with Crippen molar-refractivity contribution in [2.24, 2.45) is 65.1 Å². The Balaban J connectivity index is 0.639. The molecule has 0 aromatic heterocycles. The molecule has 0 N–H and O–H groups in total. The summed E-state index contributed by atoms with van der Waals surface area (Å²) in [4.78, 5) is 6.06. The number of hydrogen-bond donors (Lipinski definition) is 0. The molecule has 13 aliphatic rings. The van der Waals surface area contributed by atoms with E-state index in [2.05, 4.69) is 114 Å². The van der Waals surface area contributed by atoms with Crippen molar-refractivity contribution in [1.82, 2.24) is 9.80 Å². The Kier molecular flexibility index (Phi) is 14.3. The van der Waals surface area contributed by atoms with Gasteiger partial charge in [-0.05, 0) is 212 Å². The van der Waals surface area contributed by atoms with Crippen molar-refractivity contribution in [3.05, 3.63) is 120 Å². The highest BCUT2D eigenvalue weighted by Gasteiger charge is 2.50. The van der Waals surface area contributed by atoms with E-state index in [9.17, 15) is 0 Å². The van der Waals surface area contributed by atoms with E-state index in [1.165, 1.54) is 167 Å². The van der Waals surface area contributed by atoms with Crippen LogP contribution in [0.2, 0.25) is 0 Å². The van der Waals surface area contributed by atoms with Crippen LogP contribution >= 0.6 is 0 Å². The van der Waals surface area contributed by atoms with Crippen molar-refractivity contribution < 1.29 is 9.47 Å². The molecular weight excluding hydrogens is 865 g/mol. The van der Waals surface area contributed by atoms with Crippen LogP contribution in [0.15, 0.2) is 120 Å². The topological polar surface area (TPSA) is 24.9 Å². The van der Waals surface area contributed by atoms with E-state index >= 15 is 0 Å². The lowest BCUT2D eigenvalue weighted by atomic mass is 9.64. The van der Waals surface area contributed by atoms with E-state index in [4.69, 9.17) is 9.47 Å². The van der Waals surface area contributed by atoms with E-state index in [0.717, 1.165) is 65.8 Å². The number of hydrogen-bond acceptors (Lipinski definition) is 4. The second kappa shape index (κ2) is 21.3. The average molecular weight is 957 g/mol. The third-order valence-corrected chi connectivity index (χ3v) is 22.4. The second-order valence-electron chi connectivity index (χ2n) is 26.0. The summed E-state index contributed by atoms with van der Waals surface area (Å²) in [7, 11) is 0. The normalized spacial score (nSPS) is 44.1. The van der Waals surface area contributed by atoms with Crippen LogP contribution in [-0.2, 0) is 9.47 Å². The van der Waals surface area contributed by atoms with Crippen LogP contribution in [0.4, 0.5) is 0 Å². The van der Waals surface area contributed by atoms with Gasteiger partial charge in [-0.3, -0.25) is 0 Å². The zero-order chi connectivity index (χ0) is 47.3. The van der Waals surface area contributed by atoms with Gasteiger partial charge in [0.05, 0.1) is 30.5 Å². The number of nitrogens with zero attached hydrogens (tertiary/aromatic N) is 2. The maximum Gasteiger partial charge on any atom is 0.0863 e. The van der Waals surface area contributed by atoms with Crippen molar-refractivity contribution >= 4 is 0 Å². The predicted octanol–water partition coefficient (Wildman–Crippen LogP) is 16.0. The number of ether oxygens (including phenoxy) is 2. The first-order chi connectivity index (χ1) is 35.1. The smallest absolute Gasteiger partial charge is 0.0863 e. The highest BCUT2D eigenvalue weighted by Crippen LogP contribution is 2.53. The standard InChI is InChI=1S/C67H92N2O2/c1-45-43-56(69(52-19-6-3-7-20-52)55-39-33-48(34-40-55)59-24-14-26-63-61-22-9-11-28-65(61)71-67(59)63)41-42-57(45)50-16-12-15-49(44-50)46-29-35-53(36-30-46)68(51-17-4-2-5-18-51)54-37-31-47(32-38-54)58-23-13-25-62-60-21-8-10-27-64(60)70-66(58)62/h2,4-5,8-9,11-12,16-17,21-23,28,31,35,39,45-46,48-52,54,56-57,59-67H,3,6-7,10,13-15,18-20,24-27,29-30,32-34,36-38,40-44H2,1H3/t45?,46?,48?,49?,50?,51?,54?,56?,57?,59?,60-,61?,62?,63?,64?,65?,66?,67?/m0/s1. The predicted molar refractivity (Wildman–Crippen MR) is 292 cm³/mol. The highest BCUT2D eigenvalue weighted by atomic mass is 16.5. The zero-order valence-corrected chi connectivity index (χ0v) is 44.0. The molecule has 0 spiro atoms. The molecule has 0 bridgehead atoms. The lowest BCUT2D eigenvalue weighted by Gasteiger charge is -2.50. The summed E-state index contributed by atoms with van der Waals surface area (Å²) in [6, 6.07) is 2.59. The molecular formula is C67H92N2O2. The van der Waals surface area contributed by atoms with Crippen LogP contribution in [0.1, 0.15) is 180 Å². The van der Waals surface area contributed by atoms with Crippen LogP contribution in [0.3, 0.4) is 0 Å². The van der Waals surface area contributed by atoms with Crippen molar-refractivity contribution in [3.63, 3.8) is 0 Å². The minimum atomic E-state index is 0.329. The molecule has 11 aliphatic carbocycles. The van der Waals surface area contributed by atoms with Gasteiger partial charge in [0, 0.05) is 41.4 Å². The summed E-state index contributed by atoms with van der Waals surface area (Å²) in [5, 5.41) is 0. The summed E-state index contributed by atoms with van der Waals surface area (Å²) >= 11 is 0. The molecule has 4 nitrogen and oxygen atoms in total. The summed E-state index contributed by atoms with van der Waals surface area (Å²) < 4.78 is 13.8. The zero-order valence-electron chi connectivity index (χ0n) is 44.0. The van der Waals surface area contributed by atoms with Gasteiger partial charge in [0.2, 0.25) is 0 Å². The number of rotatable bonds is 10. The van der Waals surface area contributed by atoms with Crippen molar-refractivity contribution in [1.29, 1.82) is 0 Å². The lowest BCUT2D eigenvalue weighted by molar-refractivity contribution is -0.0271. The first-order valence-electron chi connectivity index (χ1n) is 30.8. The van der Waals surface area contributed by atoms with E-state index in [1.807, 2.05) is 0 Å². The molecule has 0 aromatic rings. The van der Waals surface area contributed by atoms with Gasteiger partial charge in [-0.2, -0.15) is 0 Å². The summed E-state index contributed by atoms with van der Waals surface area (Å²) in [6.07, 6.45) is 77.4. The molecule has 13 rings (SSSR count). The first kappa shape index (κ1) is 47.6. The highest BCUT2D eigenvalue weighted by molar-refractivity contribution is 5.40. The molecule has 2 heterocycles. The SMILES string of the molecule is CC1CC(N(C2=CCC(C3CCCC4C5C=CC=CC5OC34)CC2)C2CCCCC2)CCC1C1C=CCC(C2CC=C(N(C3C=CC=CC3)C3CC=C(C4=CCCC5C4OC4CCC=C[C@H]45)CC3)CC2)C1. The fourth-order valence-electron chi connectivity index (χ4n) is 18.9. The number of fused-ring (bicyclic) bond motifs is 6. The Bertz CT molecular complexity index is 2210. The average Bonchev–Trinajstić information content (AvgIpc) is 4.02. The molecule has 382 valence electrons. The molecule has 2 saturated heterocycles. The van der Waals surface area contributed by atoms with E-state index in [0.29, 0.717) is 54.3 Å². The van der Waals surface area contributed by atoms with Crippen LogP contribution in [0.5, 0.6) is 0 Å². The van der Waals surface area contributed by atoms with Crippen molar-refractivity contribution in [2.75, 3.05) is 0 Å². The molecule has 71 heavy (non-hydrogen) atoms. The molecule has 18 atom stereocenters. The lowest BCUT2D eigenvalue weighted by Crippen LogP contribution is -2.48. The third kappa shape index (κ3) is 9.54. The summed E-state index contributed by atoms with van der Waals surface area (Å²) in [5.41, 5.74) is 6.62. The van der Waals surface area contributed by atoms with Crippen LogP contribution in [0.25, 0.3) is 0 Å². The minimum absolute atomic E-state index is 0.329. The maximum absolute atomic E-state index is 6.91. The largest absolute Gasteiger partial charge is 0.370 e. The fraction of sp³-hybridized carbons (Fsp3) is 0.701. The minimum Gasteiger partial charge on any atom is -0.370 e. The van der Waals surface area contributed by atoms with Gasteiger partial charge in [-0.15, -0.1) is 0 Å². The fourth-order valence-corrected chi connectivity index (χ4v) is 18.9. The monoisotopic (exact) mass is 957 g/mol.